The van der Waals surface area contributed by atoms with Crippen LogP contribution in [0.4, 0.5) is 0 Å². The smallest absolute Gasteiger partial charge is 0.307 e. The minimum Gasteiger partial charge on any atom is -0.481 e. The van der Waals surface area contributed by atoms with E-state index in [1.807, 2.05) is 0 Å². The lowest BCUT2D eigenvalue weighted by atomic mass is 9.42. The van der Waals surface area contributed by atoms with Gasteiger partial charge in [0.1, 0.15) is 18.3 Å². The van der Waals surface area contributed by atoms with Gasteiger partial charge in [0.15, 0.2) is 6.29 Å². The normalized spacial score (nSPS) is 56.1. The highest BCUT2D eigenvalue weighted by molar-refractivity contribution is 5.72. The predicted molar refractivity (Wildman–Crippen MR) is 128 cm³/mol. The Morgan fingerprint density at radius 2 is 1.74 bits per heavy atom. The van der Waals surface area contributed by atoms with Gasteiger partial charge >= 0.3 is 5.97 Å². The van der Waals surface area contributed by atoms with E-state index in [0.717, 1.165) is 51.4 Å². The molecule has 4 aliphatic carbocycles. The molecule has 8 nitrogen and oxygen atoms in total. The Kier molecular flexibility index (Phi) is 6.59. The molecule has 200 valence electrons. The van der Waals surface area contributed by atoms with Gasteiger partial charge in [-0.05, 0) is 93.3 Å². The SMILES string of the molecule is CO[C@@H]1[C@@H](O[C@H]2CC[C@@]3(C)[C@H](CC[C@@H]4[C@@H]3CC[C@]3(C)[C@@H](C(=O)O)CC[C@]43N)C2)O[C@H](C)[C@@H](O)[C@@H]1O. The summed E-state index contributed by atoms with van der Waals surface area (Å²) in [5.41, 5.74) is 6.68. The van der Waals surface area contributed by atoms with Crippen molar-refractivity contribution < 1.29 is 34.3 Å². The summed E-state index contributed by atoms with van der Waals surface area (Å²) in [6.07, 6.45) is 4.53. The van der Waals surface area contributed by atoms with Crippen LogP contribution in [0.3, 0.4) is 0 Å². The van der Waals surface area contributed by atoms with E-state index in [1.54, 1.807) is 6.92 Å². The van der Waals surface area contributed by atoms with Crippen LogP contribution >= 0.6 is 0 Å². The lowest BCUT2D eigenvalue weighted by Gasteiger charge is -2.64. The third kappa shape index (κ3) is 3.73. The second kappa shape index (κ2) is 8.91. The number of carboxylic acids is 1. The van der Waals surface area contributed by atoms with Gasteiger partial charge in [-0.3, -0.25) is 4.79 Å². The maximum Gasteiger partial charge on any atom is 0.307 e. The standard InChI is InChI=1S/C27H45NO7/c1-14-20(29)21(30)22(33-4)24(34-14)35-16-7-10-25(2)15(13-16)5-6-18-17(25)8-11-26(3)19(23(31)32)9-12-27(18,26)28/h14-22,24,29-30H,5-13,28H2,1-4H3,(H,31,32)/t14-,15-,16+,17+,18-,19-,20-,21+,22+,24-,25+,26-,27+/m1/s1. The molecule has 5 fully saturated rings. The van der Waals surface area contributed by atoms with Gasteiger partial charge in [0.05, 0.1) is 18.1 Å². The van der Waals surface area contributed by atoms with E-state index in [4.69, 9.17) is 19.9 Å². The summed E-state index contributed by atoms with van der Waals surface area (Å²) in [7, 11) is 1.51. The number of aliphatic carboxylic acids is 1. The lowest BCUT2D eigenvalue weighted by molar-refractivity contribution is -0.314. The van der Waals surface area contributed by atoms with E-state index in [1.165, 1.54) is 7.11 Å². The molecule has 8 heteroatoms. The number of rotatable bonds is 4. The summed E-state index contributed by atoms with van der Waals surface area (Å²) in [6, 6.07) is 0. The second-order valence-corrected chi connectivity index (χ2v) is 12.8. The van der Waals surface area contributed by atoms with E-state index >= 15 is 0 Å². The van der Waals surface area contributed by atoms with Crippen molar-refractivity contribution in [3.05, 3.63) is 0 Å². The van der Waals surface area contributed by atoms with Crippen molar-refractivity contribution in [1.29, 1.82) is 0 Å². The van der Waals surface area contributed by atoms with Crippen LogP contribution in [0.25, 0.3) is 0 Å². The van der Waals surface area contributed by atoms with Crippen LogP contribution in [-0.4, -0.2) is 70.7 Å². The third-order valence-corrected chi connectivity index (χ3v) is 11.6. The first-order valence-corrected chi connectivity index (χ1v) is 13.7. The third-order valence-electron chi connectivity index (χ3n) is 11.6. The average molecular weight is 496 g/mol. The first kappa shape index (κ1) is 25.9. The van der Waals surface area contributed by atoms with Gasteiger partial charge in [0.25, 0.3) is 0 Å². The van der Waals surface area contributed by atoms with Crippen LogP contribution in [0.1, 0.15) is 78.6 Å². The van der Waals surface area contributed by atoms with Gasteiger partial charge in [-0.25, -0.2) is 0 Å². The summed E-state index contributed by atoms with van der Waals surface area (Å²) < 4.78 is 17.7. The van der Waals surface area contributed by atoms with Crippen LogP contribution in [0.15, 0.2) is 0 Å². The van der Waals surface area contributed by atoms with E-state index in [-0.39, 0.29) is 22.9 Å². The minimum atomic E-state index is -1.05. The van der Waals surface area contributed by atoms with Crippen LogP contribution in [0.5, 0.6) is 0 Å². The van der Waals surface area contributed by atoms with Gasteiger partial charge in [0.2, 0.25) is 0 Å². The molecular weight excluding hydrogens is 450 g/mol. The van der Waals surface area contributed by atoms with Crippen molar-refractivity contribution in [1.82, 2.24) is 0 Å². The van der Waals surface area contributed by atoms with Gasteiger partial charge in [-0.15, -0.1) is 0 Å². The molecule has 1 saturated heterocycles. The van der Waals surface area contributed by atoms with E-state index in [0.29, 0.717) is 24.2 Å². The van der Waals surface area contributed by atoms with Crippen molar-refractivity contribution in [2.24, 2.45) is 40.2 Å². The molecule has 1 heterocycles. The first-order valence-electron chi connectivity index (χ1n) is 13.7. The molecule has 13 atom stereocenters. The number of hydrogen-bond acceptors (Lipinski definition) is 7. The topological polar surface area (TPSA) is 131 Å². The van der Waals surface area contributed by atoms with E-state index in [9.17, 15) is 20.1 Å². The molecule has 0 aromatic rings. The highest BCUT2D eigenvalue weighted by Gasteiger charge is 2.67. The van der Waals surface area contributed by atoms with Crippen molar-refractivity contribution in [3.63, 3.8) is 0 Å². The molecule has 0 aromatic heterocycles. The molecule has 5 rings (SSSR count). The number of carboxylic acid groups (broad SMARTS) is 1. The number of methoxy groups -OCH3 is 1. The molecule has 1 aliphatic heterocycles. The van der Waals surface area contributed by atoms with Gasteiger partial charge in [-0.2, -0.15) is 0 Å². The average Bonchev–Trinajstić information content (AvgIpc) is 3.09. The lowest BCUT2D eigenvalue weighted by Crippen LogP contribution is -2.67. The Bertz CT molecular complexity index is 825. The number of ether oxygens (including phenoxy) is 3. The number of fused-ring (bicyclic) bond motifs is 5. The molecule has 35 heavy (non-hydrogen) atoms. The Balaban J connectivity index is 1.29. The molecule has 0 radical (unpaired) electrons. The number of carbonyl (C=O) groups is 1. The highest BCUT2D eigenvalue weighted by Crippen LogP contribution is 2.68. The quantitative estimate of drug-likeness (QED) is 0.438. The van der Waals surface area contributed by atoms with Crippen LogP contribution in [0.2, 0.25) is 0 Å². The van der Waals surface area contributed by atoms with Crippen molar-refractivity contribution in [2.45, 2.75) is 121 Å². The summed E-state index contributed by atoms with van der Waals surface area (Å²) in [5, 5.41) is 30.5. The Hall–Kier alpha value is -0.770. The maximum atomic E-state index is 12.0. The van der Waals surface area contributed by atoms with Crippen molar-refractivity contribution in [2.75, 3.05) is 7.11 Å². The van der Waals surface area contributed by atoms with Crippen molar-refractivity contribution >= 4 is 5.97 Å². The number of nitrogens with two attached hydrogens (primary N) is 1. The molecule has 0 spiro atoms. The summed E-state index contributed by atoms with van der Waals surface area (Å²) >= 11 is 0. The van der Waals surface area contributed by atoms with Gasteiger partial charge < -0.3 is 35.3 Å². The zero-order valence-corrected chi connectivity index (χ0v) is 21.7. The van der Waals surface area contributed by atoms with E-state index < -0.39 is 42.2 Å². The molecule has 0 aromatic carbocycles. The molecular formula is C27H45NO7. The fourth-order valence-corrected chi connectivity index (χ4v) is 9.36. The largest absolute Gasteiger partial charge is 0.481 e. The zero-order valence-electron chi connectivity index (χ0n) is 21.7. The maximum absolute atomic E-state index is 12.0. The molecule has 5 aliphatic rings. The van der Waals surface area contributed by atoms with Gasteiger partial charge in [0, 0.05) is 12.6 Å². The highest BCUT2D eigenvalue weighted by atomic mass is 16.7. The predicted octanol–water partition coefficient (Wildman–Crippen LogP) is 2.68. The van der Waals surface area contributed by atoms with Crippen LogP contribution in [-0.2, 0) is 19.0 Å². The fraction of sp³-hybridized carbons (Fsp3) is 0.963. The Morgan fingerprint density at radius 3 is 2.43 bits per heavy atom. The molecule has 0 amide bonds. The number of hydrogen-bond donors (Lipinski definition) is 4. The number of aliphatic hydroxyl groups excluding tert-OH is 2. The zero-order chi connectivity index (χ0) is 25.3. The molecule has 0 bridgehead atoms. The summed E-state index contributed by atoms with van der Waals surface area (Å²) in [6.45, 7) is 6.33. The number of aliphatic hydroxyl groups is 2. The van der Waals surface area contributed by atoms with Gasteiger partial charge in [-0.1, -0.05) is 13.8 Å². The minimum absolute atomic E-state index is 0.0190. The Morgan fingerprint density at radius 1 is 1.00 bits per heavy atom. The Labute approximate surface area is 208 Å². The molecule has 4 saturated carbocycles. The van der Waals surface area contributed by atoms with Crippen molar-refractivity contribution in [3.8, 4) is 0 Å². The summed E-state index contributed by atoms with van der Waals surface area (Å²) in [4.78, 5) is 12.0. The van der Waals surface area contributed by atoms with E-state index in [2.05, 4.69) is 13.8 Å². The molecule has 0 unspecified atom stereocenters. The fourth-order valence-electron chi connectivity index (χ4n) is 9.36. The van der Waals surface area contributed by atoms with Crippen LogP contribution in [0, 0.1) is 34.5 Å². The monoisotopic (exact) mass is 495 g/mol. The molecule has 5 N–H and O–H groups in total. The van der Waals surface area contributed by atoms with Crippen LogP contribution < -0.4 is 5.73 Å². The second-order valence-electron chi connectivity index (χ2n) is 12.8. The first-order chi connectivity index (χ1) is 16.5. The summed E-state index contributed by atoms with van der Waals surface area (Å²) in [5.74, 6) is 0.402.